The van der Waals surface area contributed by atoms with Crippen LogP contribution in [0.3, 0.4) is 0 Å². The lowest BCUT2D eigenvalue weighted by Gasteiger charge is -2.43. The highest BCUT2D eigenvalue weighted by molar-refractivity contribution is 7.99. The lowest BCUT2D eigenvalue weighted by Crippen LogP contribution is -2.60. The lowest BCUT2D eigenvalue weighted by molar-refractivity contribution is -0.271. The average molecular weight is 494 g/mol. The van der Waals surface area contributed by atoms with Gasteiger partial charge in [-0.2, -0.15) is 0 Å². The quantitative estimate of drug-likeness (QED) is 0.406. The van der Waals surface area contributed by atoms with E-state index in [1.807, 2.05) is 62.4 Å². The highest BCUT2D eigenvalue weighted by atomic mass is 32.2. The average Bonchev–Trinajstić information content (AvgIpc) is 2.80. The van der Waals surface area contributed by atoms with Gasteiger partial charge in [0, 0.05) is 22.3 Å². The monoisotopic (exact) mass is 493 g/mol. The number of halogens is 1. The maximum atomic E-state index is 15.0. The molecule has 4 rings (SSSR count). The topological polar surface area (TPSA) is 47.6 Å². The van der Waals surface area contributed by atoms with E-state index >= 15 is 0 Å². The molecule has 0 spiro atoms. The van der Waals surface area contributed by atoms with E-state index in [2.05, 4.69) is 24.4 Å². The Hall–Kier alpha value is -2.67. The number of aryl methyl sites for hydroxylation is 2. The summed E-state index contributed by atoms with van der Waals surface area (Å²) in [6.07, 6.45) is 1.42. The molecule has 0 aliphatic carbocycles. The molecule has 1 N–H and O–H groups in total. The third kappa shape index (κ3) is 6.72. The van der Waals surface area contributed by atoms with Crippen LogP contribution in [0.2, 0.25) is 0 Å². The molecule has 184 valence electrons. The molecule has 3 aromatic carbocycles. The second-order valence-electron chi connectivity index (χ2n) is 9.70. The molecule has 1 saturated heterocycles. The molecule has 1 fully saturated rings. The van der Waals surface area contributed by atoms with Crippen LogP contribution in [0.1, 0.15) is 38.3 Å². The minimum absolute atomic E-state index is 0.105. The summed E-state index contributed by atoms with van der Waals surface area (Å²) in [7, 11) is 0. The van der Waals surface area contributed by atoms with Crippen molar-refractivity contribution in [3.05, 3.63) is 83.7 Å². The number of carbonyl (C=O) groups excluding carboxylic acids is 1. The highest BCUT2D eigenvalue weighted by Gasteiger charge is 2.40. The first kappa shape index (κ1) is 25.4. The minimum atomic E-state index is -0.651. The zero-order valence-corrected chi connectivity index (χ0v) is 21.5. The van der Waals surface area contributed by atoms with Gasteiger partial charge in [-0.05, 0) is 69.0 Å². The summed E-state index contributed by atoms with van der Waals surface area (Å²) in [5.74, 6) is -0.993. The second-order valence-corrected chi connectivity index (χ2v) is 10.8. The SMILES string of the molecule is CC(=O)NC1(CCc2ccc(-c3ccc(Sc4cccc(C)c4)cc3F)cc2)COC(C)(C)OC1. The van der Waals surface area contributed by atoms with Gasteiger partial charge in [-0.25, -0.2) is 4.39 Å². The van der Waals surface area contributed by atoms with Crippen molar-refractivity contribution in [1.82, 2.24) is 5.32 Å². The molecular weight excluding hydrogens is 461 g/mol. The van der Waals surface area contributed by atoms with Crippen molar-refractivity contribution in [2.24, 2.45) is 0 Å². The van der Waals surface area contributed by atoms with Gasteiger partial charge in [-0.1, -0.05) is 59.8 Å². The maximum absolute atomic E-state index is 15.0. The zero-order chi connectivity index (χ0) is 25.1. The summed E-state index contributed by atoms with van der Waals surface area (Å²) in [6.45, 7) is 8.10. The van der Waals surface area contributed by atoms with Crippen LogP contribution in [-0.4, -0.2) is 30.4 Å². The van der Waals surface area contributed by atoms with Crippen molar-refractivity contribution in [3.63, 3.8) is 0 Å². The molecule has 0 bridgehead atoms. The van der Waals surface area contributed by atoms with Crippen LogP contribution >= 0.6 is 11.8 Å². The normalized spacial score (nSPS) is 16.6. The fourth-order valence-corrected chi connectivity index (χ4v) is 5.16. The number of nitrogens with one attached hydrogen (secondary N) is 1. The van der Waals surface area contributed by atoms with E-state index in [0.29, 0.717) is 25.2 Å². The number of amides is 1. The van der Waals surface area contributed by atoms with Gasteiger partial charge in [0.25, 0.3) is 0 Å². The molecule has 6 heteroatoms. The summed E-state index contributed by atoms with van der Waals surface area (Å²) < 4.78 is 26.6. The van der Waals surface area contributed by atoms with E-state index in [9.17, 15) is 9.18 Å². The van der Waals surface area contributed by atoms with Gasteiger partial charge in [0.1, 0.15) is 5.82 Å². The molecule has 1 amide bonds. The van der Waals surface area contributed by atoms with E-state index in [4.69, 9.17) is 9.47 Å². The Morgan fingerprint density at radius 2 is 1.69 bits per heavy atom. The maximum Gasteiger partial charge on any atom is 0.217 e. The van der Waals surface area contributed by atoms with Crippen LogP contribution in [0.4, 0.5) is 4.39 Å². The summed E-state index contributed by atoms with van der Waals surface area (Å²) >= 11 is 1.56. The molecule has 35 heavy (non-hydrogen) atoms. The van der Waals surface area contributed by atoms with Gasteiger partial charge in [0.05, 0.1) is 18.8 Å². The Morgan fingerprint density at radius 3 is 2.31 bits per heavy atom. The first-order valence-corrected chi connectivity index (χ1v) is 12.6. The molecule has 0 atom stereocenters. The van der Waals surface area contributed by atoms with E-state index in [1.54, 1.807) is 17.8 Å². The smallest absolute Gasteiger partial charge is 0.217 e. The van der Waals surface area contributed by atoms with Crippen LogP contribution < -0.4 is 5.32 Å². The first-order chi connectivity index (χ1) is 16.6. The van der Waals surface area contributed by atoms with Crippen molar-refractivity contribution in [2.45, 2.75) is 61.7 Å². The van der Waals surface area contributed by atoms with Crippen molar-refractivity contribution in [3.8, 4) is 11.1 Å². The van der Waals surface area contributed by atoms with Crippen LogP contribution in [0.5, 0.6) is 0 Å². The predicted octanol–water partition coefficient (Wildman–Crippen LogP) is 6.54. The fourth-order valence-electron chi connectivity index (χ4n) is 4.20. The van der Waals surface area contributed by atoms with Crippen LogP contribution in [0.25, 0.3) is 11.1 Å². The molecule has 0 saturated carbocycles. The Morgan fingerprint density at radius 1 is 1.00 bits per heavy atom. The van der Waals surface area contributed by atoms with Gasteiger partial charge in [0.2, 0.25) is 5.91 Å². The van der Waals surface area contributed by atoms with Crippen LogP contribution in [-0.2, 0) is 20.7 Å². The number of hydrogen-bond acceptors (Lipinski definition) is 4. The highest BCUT2D eigenvalue weighted by Crippen LogP contribution is 2.33. The largest absolute Gasteiger partial charge is 0.348 e. The van der Waals surface area contributed by atoms with Crippen molar-refractivity contribution in [1.29, 1.82) is 0 Å². The third-order valence-corrected chi connectivity index (χ3v) is 7.14. The standard InChI is InChI=1S/C29H32FNO3S/c1-20-6-5-7-24(16-20)35-25-12-13-26(27(30)17-25)23-10-8-22(9-11-23)14-15-29(31-21(2)32)18-33-28(3,4)34-19-29/h5-13,16-17H,14-15,18-19H2,1-4H3,(H,31,32). The molecule has 0 aromatic heterocycles. The first-order valence-electron chi connectivity index (χ1n) is 11.8. The molecule has 0 unspecified atom stereocenters. The lowest BCUT2D eigenvalue weighted by atomic mass is 9.91. The Bertz CT molecular complexity index is 1180. The Kier molecular flexibility index (Phi) is 7.64. The Balaban J connectivity index is 1.42. The molecule has 4 nitrogen and oxygen atoms in total. The van der Waals surface area contributed by atoms with E-state index in [0.717, 1.165) is 27.3 Å². The predicted molar refractivity (Wildman–Crippen MR) is 138 cm³/mol. The van der Waals surface area contributed by atoms with Crippen molar-refractivity contribution in [2.75, 3.05) is 13.2 Å². The zero-order valence-electron chi connectivity index (χ0n) is 20.7. The van der Waals surface area contributed by atoms with E-state index in [1.165, 1.54) is 12.5 Å². The summed E-state index contributed by atoms with van der Waals surface area (Å²) in [5.41, 5.74) is 3.15. The number of benzene rings is 3. The van der Waals surface area contributed by atoms with Gasteiger partial charge in [-0.15, -0.1) is 0 Å². The number of hydrogen-bond donors (Lipinski definition) is 1. The van der Waals surface area contributed by atoms with Crippen LogP contribution in [0, 0.1) is 12.7 Å². The second kappa shape index (κ2) is 10.5. The molecule has 1 heterocycles. The van der Waals surface area contributed by atoms with E-state index in [-0.39, 0.29) is 11.7 Å². The van der Waals surface area contributed by atoms with Gasteiger partial charge >= 0.3 is 0 Å². The number of rotatable bonds is 7. The number of carbonyl (C=O) groups is 1. The van der Waals surface area contributed by atoms with Gasteiger partial charge in [-0.3, -0.25) is 4.79 Å². The molecule has 0 radical (unpaired) electrons. The third-order valence-electron chi connectivity index (χ3n) is 6.16. The number of ether oxygens (including phenoxy) is 2. The summed E-state index contributed by atoms with van der Waals surface area (Å²) in [6, 6.07) is 21.5. The van der Waals surface area contributed by atoms with Crippen molar-refractivity contribution < 1.29 is 18.7 Å². The Labute approximate surface area is 211 Å². The van der Waals surface area contributed by atoms with Gasteiger partial charge in [0.15, 0.2) is 5.79 Å². The summed E-state index contributed by atoms with van der Waals surface area (Å²) in [5, 5.41) is 3.03. The molecule has 3 aromatic rings. The molecule has 1 aliphatic heterocycles. The van der Waals surface area contributed by atoms with Crippen molar-refractivity contribution >= 4 is 17.7 Å². The molecule has 1 aliphatic rings. The fraction of sp³-hybridized carbons (Fsp3) is 0.345. The van der Waals surface area contributed by atoms with Crippen LogP contribution in [0.15, 0.2) is 76.5 Å². The molecular formula is C29H32FNO3S. The van der Waals surface area contributed by atoms with E-state index < -0.39 is 11.3 Å². The minimum Gasteiger partial charge on any atom is -0.348 e. The van der Waals surface area contributed by atoms with Gasteiger partial charge < -0.3 is 14.8 Å². The summed E-state index contributed by atoms with van der Waals surface area (Å²) in [4.78, 5) is 13.8.